The van der Waals surface area contributed by atoms with E-state index in [0.717, 1.165) is 18.0 Å². The molecule has 92 valence electrons. The first-order valence-electron chi connectivity index (χ1n) is 4.77. The van der Waals surface area contributed by atoms with E-state index in [2.05, 4.69) is 9.97 Å². The molecule has 0 radical (unpaired) electrons. The van der Waals surface area contributed by atoms with Crippen molar-refractivity contribution in [2.75, 3.05) is 5.73 Å². The number of nitrogen functional groups attached to an aromatic ring is 1. The molecule has 0 saturated carbocycles. The largest absolute Gasteiger partial charge is 0.368 e. The van der Waals surface area contributed by atoms with Crippen LogP contribution in [0.15, 0.2) is 40.4 Å². The molecule has 0 spiro atoms. The van der Waals surface area contributed by atoms with Gasteiger partial charge in [0.15, 0.2) is 5.03 Å². The van der Waals surface area contributed by atoms with Crippen molar-refractivity contribution >= 4 is 23.4 Å². The van der Waals surface area contributed by atoms with Crippen molar-refractivity contribution in [1.82, 2.24) is 9.97 Å². The zero-order chi connectivity index (χ0) is 13.1. The monoisotopic (exact) mass is 266 g/mol. The summed E-state index contributed by atoms with van der Waals surface area (Å²) in [5.41, 5.74) is 5.06. The Balaban J connectivity index is 2.42. The highest BCUT2D eigenvalue weighted by atomic mass is 32.2. The third kappa shape index (κ3) is 2.54. The molecule has 2 rings (SSSR count). The number of benzene rings is 1. The number of anilines is 1. The third-order valence-corrected chi connectivity index (χ3v) is 3.04. The molecule has 1 heterocycles. The van der Waals surface area contributed by atoms with Gasteiger partial charge in [-0.1, -0.05) is 23.9 Å². The highest BCUT2D eigenvalue weighted by Crippen LogP contribution is 2.34. The maximum absolute atomic E-state index is 13.4. The number of nitrogens with two attached hydrogens (primary N) is 1. The maximum atomic E-state index is 13.4. The molecule has 6 nitrogen and oxygen atoms in total. The Morgan fingerprint density at radius 2 is 2.11 bits per heavy atom. The quantitative estimate of drug-likeness (QED) is 0.520. The van der Waals surface area contributed by atoms with Crippen molar-refractivity contribution in [3.63, 3.8) is 0 Å². The second-order valence-electron chi connectivity index (χ2n) is 3.21. The zero-order valence-corrected chi connectivity index (χ0v) is 9.72. The van der Waals surface area contributed by atoms with E-state index in [1.807, 2.05) is 0 Å². The smallest absolute Gasteiger partial charge is 0.320 e. The summed E-state index contributed by atoms with van der Waals surface area (Å²) in [4.78, 5) is 17.7. The van der Waals surface area contributed by atoms with E-state index in [4.69, 9.17) is 5.73 Å². The van der Waals surface area contributed by atoms with Gasteiger partial charge < -0.3 is 5.73 Å². The fourth-order valence-electron chi connectivity index (χ4n) is 1.20. The molecule has 0 aliphatic carbocycles. The molecule has 2 aromatic rings. The second kappa shape index (κ2) is 4.96. The summed E-state index contributed by atoms with van der Waals surface area (Å²) in [7, 11) is 0. The Labute approximate surface area is 105 Å². The van der Waals surface area contributed by atoms with E-state index >= 15 is 0 Å². The molecule has 0 aliphatic rings. The molecule has 0 saturated heterocycles. The standard InChI is InChI=1S/C10H7FN4O2S/c11-6-3-1-2-4-8(6)18-9-7(15(16)17)5-13-10(12)14-9/h1-5H,(H2,12,13,14). The summed E-state index contributed by atoms with van der Waals surface area (Å²) in [6.45, 7) is 0. The van der Waals surface area contributed by atoms with Gasteiger partial charge in [-0.05, 0) is 12.1 Å². The highest BCUT2D eigenvalue weighted by Gasteiger charge is 2.18. The fourth-order valence-corrected chi connectivity index (χ4v) is 2.10. The van der Waals surface area contributed by atoms with Gasteiger partial charge in [0.05, 0.1) is 4.92 Å². The number of nitro groups is 1. The lowest BCUT2D eigenvalue weighted by molar-refractivity contribution is -0.388. The number of hydrogen-bond acceptors (Lipinski definition) is 6. The second-order valence-corrected chi connectivity index (χ2v) is 4.24. The first kappa shape index (κ1) is 12.2. The first-order valence-corrected chi connectivity index (χ1v) is 5.59. The third-order valence-electron chi connectivity index (χ3n) is 1.99. The molecule has 0 amide bonds. The molecule has 0 unspecified atom stereocenters. The Morgan fingerprint density at radius 3 is 2.78 bits per heavy atom. The van der Waals surface area contributed by atoms with Gasteiger partial charge in [0.2, 0.25) is 5.95 Å². The lowest BCUT2D eigenvalue weighted by Gasteiger charge is -2.03. The SMILES string of the molecule is Nc1ncc([N+](=O)[O-])c(Sc2ccccc2F)n1. The lowest BCUT2D eigenvalue weighted by atomic mass is 10.3. The van der Waals surface area contributed by atoms with Crippen molar-refractivity contribution in [3.8, 4) is 0 Å². The van der Waals surface area contributed by atoms with Crippen molar-refractivity contribution in [1.29, 1.82) is 0 Å². The lowest BCUT2D eigenvalue weighted by Crippen LogP contribution is -2.00. The molecule has 8 heteroatoms. The van der Waals surface area contributed by atoms with E-state index < -0.39 is 10.7 Å². The van der Waals surface area contributed by atoms with Gasteiger partial charge in [0.25, 0.3) is 0 Å². The van der Waals surface area contributed by atoms with Gasteiger partial charge in [-0.3, -0.25) is 10.1 Å². The predicted octanol–water partition coefficient (Wildman–Crippen LogP) is 2.26. The summed E-state index contributed by atoms with van der Waals surface area (Å²) >= 11 is 0.836. The summed E-state index contributed by atoms with van der Waals surface area (Å²) in [5.74, 6) is -0.576. The van der Waals surface area contributed by atoms with Crippen LogP contribution in [0.4, 0.5) is 16.0 Å². The van der Waals surface area contributed by atoms with Crippen LogP contribution in [0, 0.1) is 15.9 Å². The topological polar surface area (TPSA) is 94.9 Å². The first-order chi connectivity index (χ1) is 8.58. The number of halogens is 1. The molecule has 0 fully saturated rings. The van der Waals surface area contributed by atoms with E-state index in [1.165, 1.54) is 18.2 Å². The summed E-state index contributed by atoms with van der Waals surface area (Å²) < 4.78 is 13.4. The van der Waals surface area contributed by atoms with Gasteiger partial charge in [-0.25, -0.2) is 9.37 Å². The van der Waals surface area contributed by atoms with Crippen LogP contribution in [0.2, 0.25) is 0 Å². The summed E-state index contributed by atoms with van der Waals surface area (Å²) in [6, 6.07) is 5.92. The van der Waals surface area contributed by atoms with Crippen LogP contribution in [0.5, 0.6) is 0 Å². The molecule has 0 bridgehead atoms. The van der Waals surface area contributed by atoms with Crippen LogP contribution in [-0.2, 0) is 0 Å². The minimum atomic E-state index is -0.636. The fraction of sp³-hybridized carbons (Fsp3) is 0. The highest BCUT2D eigenvalue weighted by molar-refractivity contribution is 7.99. The van der Waals surface area contributed by atoms with Crippen molar-refractivity contribution in [3.05, 3.63) is 46.4 Å². The maximum Gasteiger partial charge on any atom is 0.320 e. The average Bonchev–Trinajstić information content (AvgIpc) is 2.32. The predicted molar refractivity (Wildman–Crippen MR) is 63.6 cm³/mol. The zero-order valence-electron chi connectivity index (χ0n) is 8.91. The molecule has 18 heavy (non-hydrogen) atoms. The Kier molecular flexibility index (Phi) is 3.38. The van der Waals surface area contributed by atoms with Gasteiger partial charge in [-0.2, -0.15) is 4.98 Å². The number of nitrogens with zero attached hydrogens (tertiary/aromatic N) is 3. The van der Waals surface area contributed by atoms with Crippen LogP contribution in [0.3, 0.4) is 0 Å². The van der Waals surface area contributed by atoms with E-state index in [0.29, 0.717) is 0 Å². The van der Waals surface area contributed by atoms with Crippen LogP contribution >= 0.6 is 11.8 Å². The minimum Gasteiger partial charge on any atom is -0.368 e. The van der Waals surface area contributed by atoms with Crippen LogP contribution in [0.25, 0.3) is 0 Å². The molecule has 0 atom stereocenters. The van der Waals surface area contributed by atoms with Gasteiger partial charge in [-0.15, -0.1) is 0 Å². The average molecular weight is 266 g/mol. The van der Waals surface area contributed by atoms with Crippen LogP contribution in [0.1, 0.15) is 0 Å². The summed E-state index contributed by atoms with van der Waals surface area (Å²) in [5, 5.41) is 10.8. The van der Waals surface area contributed by atoms with Crippen molar-refractivity contribution in [2.45, 2.75) is 9.92 Å². The summed E-state index contributed by atoms with van der Waals surface area (Å²) in [6.07, 6.45) is 1.01. The molecule has 0 aliphatic heterocycles. The Morgan fingerprint density at radius 1 is 1.39 bits per heavy atom. The van der Waals surface area contributed by atoms with Crippen LogP contribution < -0.4 is 5.73 Å². The van der Waals surface area contributed by atoms with Crippen LogP contribution in [-0.4, -0.2) is 14.9 Å². The van der Waals surface area contributed by atoms with Gasteiger partial charge in [0, 0.05) is 4.90 Å². The molecular weight excluding hydrogens is 259 g/mol. The molecular formula is C10H7FN4O2S. The van der Waals surface area contributed by atoms with Gasteiger partial charge >= 0.3 is 5.69 Å². The molecule has 1 aromatic heterocycles. The minimum absolute atomic E-state index is 0.0117. The van der Waals surface area contributed by atoms with Gasteiger partial charge in [0.1, 0.15) is 12.0 Å². The molecule has 1 aromatic carbocycles. The number of rotatable bonds is 3. The normalized spacial score (nSPS) is 10.3. The number of aromatic nitrogens is 2. The Bertz CT molecular complexity index is 608. The molecule has 2 N–H and O–H groups in total. The van der Waals surface area contributed by atoms with Crippen molar-refractivity contribution < 1.29 is 9.31 Å². The van der Waals surface area contributed by atoms with Crippen molar-refractivity contribution in [2.24, 2.45) is 0 Å². The van der Waals surface area contributed by atoms with E-state index in [9.17, 15) is 14.5 Å². The Hall–Kier alpha value is -2.22. The number of hydrogen-bond donors (Lipinski definition) is 1. The van der Waals surface area contributed by atoms with E-state index in [1.54, 1.807) is 6.07 Å². The van der Waals surface area contributed by atoms with E-state index in [-0.39, 0.29) is 21.6 Å².